The van der Waals surface area contributed by atoms with Gasteiger partial charge in [-0.05, 0) is 45.4 Å². The first-order chi connectivity index (χ1) is 10.2. The number of amides is 1. The van der Waals surface area contributed by atoms with Gasteiger partial charge in [-0.2, -0.15) is 11.8 Å². The van der Waals surface area contributed by atoms with Crippen LogP contribution < -0.4 is 5.32 Å². The molecule has 1 amide bonds. The van der Waals surface area contributed by atoms with Crippen molar-refractivity contribution in [3.05, 3.63) is 0 Å². The van der Waals surface area contributed by atoms with Crippen LogP contribution >= 0.6 is 11.8 Å². The molecule has 2 heterocycles. The van der Waals surface area contributed by atoms with Crippen molar-refractivity contribution in [2.24, 2.45) is 5.41 Å². The Labute approximate surface area is 139 Å². The maximum Gasteiger partial charge on any atom is 0.410 e. The Balaban J connectivity index is 1.84. The minimum absolute atomic E-state index is 0.158. The number of nitrogens with zero attached hydrogens (tertiary/aromatic N) is 1. The first kappa shape index (κ1) is 17.9. The second-order valence-corrected chi connectivity index (χ2v) is 9.74. The number of thioether (sulfide) groups is 1. The van der Waals surface area contributed by atoms with Crippen LogP contribution in [-0.2, 0) is 4.74 Å². The van der Waals surface area contributed by atoms with E-state index >= 15 is 0 Å². The lowest BCUT2D eigenvalue weighted by Gasteiger charge is -2.41. The predicted molar refractivity (Wildman–Crippen MR) is 93.5 cm³/mol. The van der Waals surface area contributed by atoms with Crippen LogP contribution in [0.4, 0.5) is 4.79 Å². The van der Waals surface area contributed by atoms with Gasteiger partial charge in [0.1, 0.15) is 5.60 Å². The highest BCUT2D eigenvalue weighted by atomic mass is 32.2. The van der Waals surface area contributed by atoms with Gasteiger partial charge < -0.3 is 15.0 Å². The van der Waals surface area contributed by atoms with Crippen molar-refractivity contribution >= 4 is 17.9 Å². The standard InChI is InChI=1S/C17H32N2O2S/c1-13-9-14(10-22-13)18-11-17(5)7-6-8-19(12-17)15(20)21-16(2,3)4/h13-14,18H,6-12H2,1-5H3. The van der Waals surface area contributed by atoms with Gasteiger partial charge in [0.15, 0.2) is 0 Å². The van der Waals surface area contributed by atoms with Gasteiger partial charge in [0.2, 0.25) is 0 Å². The number of hydrogen-bond acceptors (Lipinski definition) is 4. The fourth-order valence-corrected chi connectivity index (χ4v) is 4.48. The number of piperidine rings is 1. The zero-order chi connectivity index (χ0) is 16.4. The Bertz CT molecular complexity index is 397. The maximum atomic E-state index is 12.3. The minimum Gasteiger partial charge on any atom is -0.444 e. The van der Waals surface area contributed by atoms with Crippen molar-refractivity contribution in [1.29, 1.82) is 0 Å². The molecular formula is C17H32N2O2S. The number of nitrogens with one attached hydrogen (secondary N) is 1. The van der Waals surface area contributed by atoms with E-state index in [0.29, 0.717) is 6.04 Å². The summed E-state index contributed by atoms with van der Waals surface area (Å²) in [4.78, 5) is 14.2. The van der Waals surface area contributed by atoms with Crippen molar-refractivity contribution in [2.45, 2.75) is 70.8 Å². The average Bonchev–Trinajstić information content (AvgIpc) is 2.81. The molecule has 22 heavy (non-hydrogen) atoms. The molecule has 0 saturated carbocycles. The van der Waals surface area contributed by atoms with Crippen LogP contribution in [0.2, 0.25) is 0 Å². The SMILES string of the molecule is CC1CC(NCC2(C)CCCN(C(=O)OC(C)(C)C)C2)CS1. The molecule has 0 spiro atoms. The minimum atomic E-state index is -0.416. The zero-order valence-corrected chi connectivity index (χ0v) is 15.6. The second kappa shape index (κ2) is 7.00. The molecule has 3 unspecified atom stereocenters. The monoisotopic (exact) mass is 328 g/mol. The molecule has 4 nitrogen and oxygen atoms in total. The van der Waals surface area contributed by atoms with E-state index in [9.17, 15) is 4.79 Å². The summed E-state index contributed by atoms with van der Waals surface area (Å²) in [6, 6.07) is 0.633. The molecular weight excluding hydrogens is 296 g/mol. The maximum absolute atomic E-state index is 12.3. The van der Waals surface area contributed by atoms with Gasteiger partial charge in [0.25, 0.3) is 0 Å². The van der Waals surface area contributed by atoms with E-state index in [1.807, 2.05) is 25.7 Å². The lowest BCUT2D eigenvalue weighted by molar-refractivity contribution is 0.00655. The van der Waals surface area contributed by atoms with Crippen LogP contribution in [0.5, 0.6) is 0 Å². The summed E-state index contributed by atoms with van der Waals surface area (Å²) < 4.78 is 5.53. The average molecular weight is 329 g/mol. The molecule has 0 bridgehead atoms. The lowest BCUT2D eigenvalue weighted by atomic mass is 9.81. The van der Waals surface area contributed by atoms with E-state index in [2.05, 4.69) is 30.9 Å². The van der Waals surface area contributed by atoms with Gasteiger partial charge in [-0.15, -0.1) is 0 Å². The van der Waals surface area contributed by atoms with Crippen LogP contribution in [0.15, 0.2) is 0 Å². The molecule has 0 aromatic rings. The number of carbonyl (C=O) groups excluding carboxylic acids is 1. The highest BCUT2D eigenvalue weighted by molar-refractivity contribution is 8.00. The smallest absolute Gasteiger partial charge is 0.410 e. The van der Waals surface area contributed by atoms with Crippen molar-refractivity contribution in [2.75, 3.05) is 25.4 Å². The Kier molecular flexibility index (Phi) is 5.70. The summed E-state index contributed by atoms with van der Waals surface area (Å²) in [6.07, 6.45) is 3.34. The number of ether oxygens (including phenoxy) is 1. The summed E-state index contributed by atoms with van der Waals surface area (Å²) in [5.41, 5.74) is -0.258. The molecule has 2 fully saturated rings. The van der Waals surface area contributed by atoms with Crippen LogP contribution in [0, 0.1) is 5.41 Å². The highest BCUT2D eigenvalue weighted by Crippen LogP contribution is 2.31. The largest absolute Gasteiger partial charge is 0.444 e. The number of hydrogen-bond donors (Lipinski definition) is 1. The van der Waals surface area contributed by atoms with Crippen molar-refractivity contribution in [3.63, 3.8) is 0 Å². The van der Waals surface area contributed by atoms with Crippen molar-refractivity contribution in [1.82, 2.24) is 10.2 Å². The van der Waals surface area contributed by atoms with Crippen LogP contribution in [-0.4, -0.2) is 53.3 Å². The number of likely N-dealkylation sites (tertiary alicyclic amines) is 1. The molecule has 2 aliphatic heterocycles. The Morgan fingerprint density at radius 2 is 2.18 bits per heavy atom. The molecule has 0 aliphatic carbocycles. The molecule has 3 atom stereocenters. The molecule has 2 aliphatic rings. The molecule has 0 aromatic heterocycles. The molecule has 1 N–H and O–H groups in total. The predicted octanol–water partition coefficient (Wildman–Crippen LogP) is 3.51. The van der Waals surface area contributed by atoms with Gasteiger partial charge in [0, 0.05) is 36.7 Å². The van der Waals surface area contributed by atoms with Crippen LogP contribution in [0.3, 0.4) is 0 Å². The summed E-state index contributed by atoms with van der Waals surface area (Å²) >= 11 is 2.06. The van der Waals surface area contributed by atoms with Gasteiger partial charge in [-0.1, -0.05) is 13.8 Å². The molecule has 128 valence electrons. The van der Waals surface area contributed by atoms with Crippen LogP contribution in [0.1, 0.15) is 53.9 Å². The van der Waals surface area contributed by atoms with E-state index in [-0.39, 0.29) is 11.5 Å². The van der Waals surface area contributed by atoms with E-state index in [1.54, 1.807) is 0 Å². The van der Waals surface area contributed by atoms with Gasteiger partial charge in [0.05, 0.1) is 0 Å². The first-order valence-corrected chi connectivity index (χ1v) is 9.55. The zero-order valence-electron chi connectivity index (χ0n) is 14.8. The molecule has 2 saturated heterocycles. The second-order valence-electron chi connectivity index (χ2n) is 8.27. The summed E-state index contributed by atoms with van der Waals surface area (Å²) in [5, 5.41) is 4.50. The molecule has 2 rings (SSSR count). The summed E-state index contributed by atoms with van der Waals surface area (Å²) in [6.45, 7) is 13.0. The highest BCUT2D eigenvalue weighted by Gasteiger charge is 2.35. The summed E-state index contributed by atoms with van der Waals surface area (Å²) in [7, 11) is 0. The van der Waals surface area contributed by atoms with E-state index in [1.165, 1.54) is 18.6 Å². The topological polar surface area (TPSA) is 41.6 Å². The van der Waals surface area contributed by atoms with Crippen molar-refractivity contribution < 1.29 is 9.53 Å². The molecule has 0 radical (unpaired) electrons. The lowest BCUT2D eigenvalue weighted by Crippen LogP contribution is -2.51. The quantitative estimate of drug-likeness (QED) is 0.861. The third-order valence-electron chi connectivity index (χ3n) is 4.45. The van der Waals surface area contributed by atoms with Crippen molar-refractivity contribution in [3.8, 4) is 0 Å². The normalized spacial score (nSPS) is 33.0. The third kappa shape index (κ3) is 5.34. The number of carbonyl (C=O) groups is 1. The summed E-state index contributed by atoms with van der Waals surface area (Å²) in [5.74, 6) is 1.22. The Morgan fingerprint density at radius 1 is 1.45 bits per heavy atom. The number of rotatable bonds is 3. The van der Waals surface area contributed by atoms with E-state index < -0.39 is 5.60 Å². The van der Waals surface area contributed by atoms with E-state index in [0.717, 1.165) is 31.3 Å². The molecule has 0 aromatic carbocycles. The fraction of sp³-hybridized carbons (Fsp3) is 0.941. The Morgan fingerprint density at radius 3 is 2.77 bits per heavy atom. The van der Waals surface area contributed by atoms with Gasteiger partial charge in [-0.3, -0.25) is 0 Å². The molecule has 5 heteroatoms. The third-order valence-corrected chi connectivity index (χ3v) is 5.80. The fourth-order valence-electron chi connectivity index (χ4n) is 3.29. The van der Waals surface area contributed by atoms with Gasteiger partial charge in [-0.25, -0.2) is 4.79 Å². The first-order valence-electron chi connectivity index (χ1n) is 8.50. The Hall–Kier alpha value is -0.420. The van der Waals surface area contributed by atoms with E-state index in [4.69, 9.17) is 4.74 Å². The van der Waals surface area contributed by atoms with Gasteiger partial charge >= 0.3 is 6.09 Å². The van der Waals surface area contributed by atoms with Crippen LogP contribution in [0.25, 0.3) is 0 Å².